The van der Waals surface area contributed by atoms with Crippen molar-refractivity contribution in [3.05, 3.63) is 24.3 Å². The highest BCUT2D eigenvalue weighted by Crippen LogP contribution is 2.19. The Morgan fingerprint density at radius 2 is 0.610 bits per heavy atom. The van der Waals surface area contributed by atoms with Crippen LogP contribution in [0.5, 0.6) is 0 Å². The molecule has 0 aliphatic rings. The first-order valence-corrected chi connectivity index (χ1v) is 35.1. The van der Waals surface area contributed by atoms with Gasteiger partial charge in [-0.2, -0.15) is 0 Å². The molecule has 6 nitrogen and oxygen atoms in total. The standard InChI is InChI=1S/C71H137NO5/c1-3-5-7-9-11-13-15-17-19-21-23-24-25-26-28-31-35-39-43-47-51-55-59-63-69(74)68(67-73)72-70(75)64-60-56-52-48-44-40-36-32-29-27-30-34-38-42-46-50-54-58-62-66-77-71(76)65-61-57-53-49-45-41-37-33-22-20-18-16-14-12-10-8-6-4-2/h20,22,27,29,68-69,73-74H,3-19,21,23-26,28,30-67H2,1-2H3,(H,72,75)/b22-20-,29-27-. The summed E-state index contributed by atoms with van der Waals surface area (Å²) < 4.78 is 5.50. The van der Waals surface area contributed by atoms with Crippen molar-refractivity contribution in [2.75, 3.05) is 13.2 Å². The Bertz CT molecular complexity index is 1200. The van der Waals surface area contributed by atoms with Crippen molar-refractivity contribution in [1.82, 2.24) is 5.32 Å². The summed E-state index contributed by atoms with van der Waals surface area (Å²) in [6.45, 7) is 4.97. The number of hydrogen-bond acceptors (Lipinski definition) is 5. The van der Waals surface area contributed by atoms with Gasteiger partial charge in [-0.25, -0.2) is 0 Å². The molecular weight excluding hydrogens is 947 g/mol. The topological polar surface area (TPSA) is 95.9 Å². The van der Waals surface area contributed by atoms with Crippen molar-refractivity contribution in [3.8, 4) is 0 Å². The minimum absolute atomic E-state index is 0.00218. The lowest BCUT2D eigenvalue weighted by molar-refractivity contribution is -0.143. The summed E-state index contributed by atoms with van der Waals surface area (Å²) in [4.78, 5) is 24.7. The Labute approximate surface area is 481 Å². The van der Waals surface area contributed by atoms with Crippen molar-refractivity contribution in [1.29, 1.82) is 0 Å². The molecule has 3 N–H and O–H groups in total. The molecule has 0 saturated carbocycles. The quantitative estimate of drug-likeness (QED) is 0.0320. The van der Waals surface area contributed by atoms with Gasteiger partial charge in [-0.3, -0.25) is 9.59 Å². The molecular formula is C71H137NO5. The molecule has 0 radical (unpaired) electrons. The summed E-state index contributed by atoms with van der Waals surface area (Å²) in [7, 11) is 0. The fourth-order valence-corrected chi connectivity index (χ4v) is 11.1. The maximum atomic E-state index is 12.5. The Morgan fingerprint density at radius 3 is 0.922 bits per heavy atom. The van der Waals surface area contributed by atoms with E-state index in [0.29, 0.717) is 25.9 Å². The minimum atomic E-state index is -0.672. The molecule has 0 bridgehead atoms. The van der Waals surface area contributed by atoms with Crippen LogP contribution in [0.3, 0.4) is 0 Å². The van der Waals surface area contributed by atoms with Crippen LogP contribution in [0.1, 0.15) is 393 Å². The number of aliphatic hydroxyl groups is 2. The molecule has 6 heteroatoms. The Balaban J connectivity index is 3.42. The van der Waals surface area contributed by atoms with E-state index in [1.54, 1.807) is 0 Å². The van der Waals surface area contributed by atoms with Gasteiger partial charge in [0.2, 0.25) is 5.91 Å². The van der Waals surface area contributed by atoms with Crippen LogP contribution in [-0.4, -0.2) is 47.4 Å². The number of rotatable bonds is 66. The van der Waals surface area contributed by atoms with E-state index in [2.05, 4.69) is 43.5 Å². The molecule has 0 fully saturated rings. The van der Waals surface area contributed by atoms with Crippen LogP contribution in [-0.2, 0) is 14.3 Å². The molecule has 0 saturated heterocycles. The second kappa shape index (κ2) is 66.8. The third kappa shape index (κ3) is 63.4. The second-order valence-corrected chi connectivity index (χ2v) is 24.2. The number of amides is 1. The highest BCUT2D eigenvalue weighted by atomic mass is 16.5. The Morgan fingerprint density at radius 1 is 0.351 bits per heavy atom. The van der Waals surface area contributed by atoms with E-state index >= 15 is 0 Å². The second-order valence-electron chi connectivity index (χ2n) is 24.2. The van der Waals surface area contributed by atoms with Gasteiger partial charge in [0.25, 0.3) is 0 Å². The summed E-state index contributed by atoms with van der Waals surface area (Å²) >= 11 is 0. The lowest BCUT2D eigenvalue weighted by atomic mass is 10.0. The van der Waals surface area contributed by atoms with Gasteiger partial charge in [-0.15, -0.1) is 0 Å². The van der Waals surface area contributed by atoms with E-state index < -0.39 is 12.1 Å². The van der Waals surface area contributed by atoms with Crippen LogP contribution in [0.15, 0.2) is 24.3 Å². The third-order valence-corrected chi connectivity index (χ3v) is 16.5. The zero-order valence-corrected chi connectivity index (χ0v) is 52.2. The zero-order chi connectivity index (χ0) is 55.7. The molecule has 0 heterocycles. The molecule has 0 aromatic rings. The summed E-state index contributed by atoms with van der Waals surface area (Å²) in [6.07, 6.45) is 83.5. The maximum Gasteiger partial charge on any atom is 0.305 e. The van der Waals surface area contributed by atoms with Gasteiger partial charge < -0.3 is 20.3 Å². The number of aliphatic hydroxyl groups excluding tert-OH is 2. The predicted octanol–water partition coefficient (Wildman–Crippen LogP) is 22.5. The molecule has 0 aliphatic heterocycles. The summed E-state index contributed by atoms with van der Waals surface area (Å²) in [5.74, 6) is -0.0381. The first-order valence-electron chi connectivity index (χ1n) is 35.1. The molecule has 0 spiro atoms. The number of carbonyl (C=O) groups is 2. The van der Waals surface area contributed by atoms with Crippen LogP contribution in [0.4, 0.5) is 0 Å². The van der Waals surface area contributed by atoms with E-state index in [0.717, 1.165) is 44.9 Å². The number of allylic oxidation sites excluding steroid dienone is 4. The fraction of sp³-hybridized carbons (Fsp3) is 0.915. The highest BCUT2D eigenvalue weighted by Gasteiger charge is 2.20. The lowest BCUT2D eigenvalue weighted by Gasteiger charge is -2.22. The highest BCUT2D eigenvalue weighted by molar-refractivity contribution is 5.76. The lowest BCUT2D eigenvalue weighted by Crippen LogP contribution is -2.45. The first-order chi connectivity index (χ1) is 38.0. The van der Waals surface area contributed by atoms with Gasteiger partial charge in [0.15, 0.2) is 0 Å². The fourth-order valence-electron chi connectivity index (χ4n) is 11.1. The van der Waals surface area contributed by atoms with E-state index in [4.69, 9.17) is 4.74 Å². The van der Waals surface area contributed by atoms with E-state index in [-0.39, 0.29) is 18.5 Å². The zero-order valence-electron chi connectivity index (χ0n) is 52.2. The molecule has 456 valence electrons. The third-order valence-electron chi connectivity index (χ3n) is 16.5. The maximum absolute atomic E-state index is 12.5. The van der Waals surface area contributed by atoms with Crippen molar-refractivity contribution in [2.45, 2.75) is 405 Å². The summed E-state index contributed by atoms with van der Waals surface area (Å²) in [6, 6.07) is -0.550. The van der Waals surface area contributed by atoms with Crippen LogP contribution < -0.4 is 5.32 Å². The predicted molar refractivity (Wildman–Crippen MR) is 338 cm³/mol. The van der Waals surface area contributed by atoms with Crippen LogP contribution >= 0.6 is 0 Å². The van der Waals surface area contributed by atoms with Gasteiger partial charge in [0, 0.05) is 12.8 Å². The van der Waals surface area contributed by atoms with Crippen LogP contribution in [0.25, 0.3) is 0 Å². The van der Waals surface area contributed by atoms with E-state index in [1.165, 1.54) is 315 Å². The number of ether oxygens (including phenoxy) is 1. The average Bonchev–Trinajstić information content (AvgIpc) is 3.43. The van der Waals surface area contributed by atoms with Gasteiger partial charge >= 0.3 is 5.97 Å². The molecule has 2 unspecified atom stereocenters. The first kappa shape index (κ1) is 75.3. The van der Waals surface area contributed by atoms with Gasteiger partial charge in [0.05, 0.1) is 25.4 Å². The SMILES string of the molecule is CCCCCCCCC/C=C\CCCCCCCCCC(=O)OCCCCCCCCCC/C=C\CCCCCCCCCC(=O)NC(CO)C(O)CCCCCCCCCCCCCCCCCCCCCCCCC. The number of esters is 1. The number of nitrogens with one attached hydrogen (secondary N) is 1. The molecule has 0 aromatic heterocycles. The van der Waals surface area contributed by atoms with Crippen molar-refractivity contribution < 1.29 is 24.5 Å². The Kier molecular flexibility index (Phi) is 65.4. The number of carbonyl (C=O) groups excluding carboxylic acids is 2. The van der Waals surface area contributed by atoms with Crippen molar-refractivity contribution in [2.24, 2.45) is 0 Å². The van der Waals surface area contributed by atoms with Crippen LogP contribution in [0.2, 0.25) is 0 Å². The molecule has 0 rings (SSSR count). The normalized spacial score (nSPS) is 12.6. The number of unbranched alkanes of at least 4 members (excludes halogenated alkanes) is 51. The smallest absolute Gasteiger partial charge is 0.305 e. The Hall–Kier alpha value is -1.66. The molecule has 1 amide bonds. The van der Waals surface area contributed by atoms with Crippen molar-refractivity contribution >= 4 is 11.9 Å². The summed E-state index contributed by atoms with van der Waals surface area (Å²) in [5, 5.41) is 23.4. The number of hydrogen-bond donors (Lipinski definition) is 3. The minimum Gasteiger partial charge on any atom is -0.466 e. The van der Waals surface area contributed by atoms with E-state index in [1.807, 2.05) is 0 Å². The monoisotopic (exact) mass is 1080 g/mol. The molecule has 0 aliphatic carbocycles. The summed E-state index contributed by atoms with van der Waals surface area (Å²) in [5.41, 5.74) is 0. The van der Waals surface area contributed by atoms with Gasteiger partial charge in [0.1, 0.15) is 0 Å². The van der Waals surface area contributed by atoms with E-state index in [9.17, 15) is 19.8 Å². The molecule has 0 aromatic carbocycles. The molecule has 77 heavy (non-hydrogen) atoms. The van der Waals surface area contributed by atoms with Crippen molar-refractivity contribution in [3.63, 3.8) is 0 Å². The van der Waals surface area contributed by atoms with Crippen LogP contribution in [0, 0.1) is 0 Å². The van der Waals surface area contributed by atoms with Gasteiger partial charge in [-0.05, 0) is 77.0 Å². The van der Waals surface area contributed by atoms with Gasteiger partial charge in [-0.1, -0.05) is 327 Å². The largest absolute Gasteiger partial charge is 0.466 e. The molecule has 2 atom stereocenters. The average molecular weight is 1080 g/mol.